The van der Waals surface area contributed by atoms with Gasteiger partial charge in [-0.3, -0.25) is 4.79 Å². The van der Waals surface area contributed by atoms with Crippen molar-refractivity contribution in [1.82, 2.24) is 0 Å². The van der Waals surface area contributed by atoms with Crippen LogP contribution in [0.25, 0.3) is 17.2 Å². The molecule has 0 atom stereocenters. The molecule has 1 aliphatic rings. The molecule has 0 saturated carbocycles. The fourth-order valence-corrected chi connectivity index (χ4v) is 3.56. The molecule has 3 aromatic carbocycles. The minimum absolute atomic E-state index is 0.311. The molecule has 4 heteroatoms. The Hall–Kier alpha value is -3.79. The summed E-state index contributed by atoms with van der Waals surface area (Å²) < 4.78 is 0. The zero-order valence-corrected chi connectivity index (χ0v) is 15.4. The van der Waals surface area contributed by atoms with Gasteiger partial charge in [0, 0.05) is 17.1 Å². The second-order valence-electron chi connectivity index (χ2n) is 6.52. The molecule has 0 unspecified atom stereocenters. The van der Waals surface area contributed by atoms with E-state index in [1.807, 2.05) is 67.7 Å². The second-order valence-corrected chi connectivity index (χ2v) is 6.52. The minimum Gasteiger partial charge on any atom is -0.316 e. The molecule has 0 N–H and O–H groups in total. The van der Waals surface area contributed by atoms with E-state index in [9.17, 15) is 9.70 Å². The monoisotopic (exact) mass is 366 g/mol. The van der Waals surface area contributed by atoms with Crippen LogP contribution in [0, 0.1) is 11.8 Å². The van der Waals surface area contributed by atoms with E-state index in [-0.39, 0.29) is 0 Å². The number of para-hydroxylation sites is 1. The van der Waals surface area contributed by atoms with Crippen molar-refractivity contribution >= 4 is 23.4 Å². The zero-order valence-electron chi connectivity index (χ0n) is 15.4. The first-order chi connectivity index (χ1) is 13.7. The van der Waals surface area contributed by atoms with E-state index in [0.717, 1.165) is 28.1 Å². The van der Waals surface area contributed by atoms with Crippen molar-refractivity contribution < 1.29 is 4.79 Å². The van der Waals surface area contributed by atoms with Gasteiger partial charge in [0.25, 0.3) is 0 Å². The fourth-order valence-electron chi connectivity index (χ4n) is 3.56. The lowest BCUT2D eigenvalue weighted by Crippen LogP contribution is -2.11. The Morgan fingerprint density at radius 2 is 1.54 bits per heavy atom. The Kier molecular flexibility index (Phi) is 4.68. The van der Waals surface area contributed by atoms with Crippen molar-refractivity contribution in [1.29, 1.82) is 0 Å². The molecule has 0 aliphatic carbocycles. The lowest BCUT2D eigenvalue weighted by Gasteiger charge is -2.25. The second kappa shape index (κ2) is 7.45. The molecular weight excluding hydrogens is 348 g/mol. The van der Waals surface area contributed by atoms with Gasteiger partial charge in [0.2, 0.25) is 0 Å². The minimum atomic E-state index is -0.760. The van der Waals surface area contributed by atoms with Crippen molar-refractivity contribution in [3.63, 3.8) is 0 Å². The molecule has 0 saturated heterocycles. The molecular formula is C24H18N2O2. The molecule has 3 aromatic rings. The summed E-state index contributed by atoms with van der Waals surface area (Å²) in [6.45, 7) is 2.02. The number of nitroso groups, excluding NO2 is 1. The Balaban J connectivity index is 1.89. The maximum absolute atomic E-state index is 12.0. The van der Waals surface area contributed by atoms with E-state index in [1.54, 1.807) is 12.1 Å². The van der Waals surface area contributed by atoms with Crippen molar-refractivity contribution in [3.8, 4) is 11.1 Å². The highest BCUT2D eigenvalue weighted by Crippen LogP contribution is 2.38. The van der Waals surface area contributed by atoms with E-state index in [4.69, 9.17) is 0 Å². The van der Waals surface area contributed by atoms with E-state index in [2.05, 4.69) is 28.3 Å². The molecule has 0 aromatic heterocycles. The standard InChI is InChI=1S/C24H18N2O2/c1-17-19(20-11-3-4-12-21(20)24(27)25-28)13-8-15-22(17)26-16-7-6-10-18-9-2-5-14-23(18)26/h2-16H,1H3. The van der Waals surface area contributed by atoms with Crippen molar-refractivity contribution in [2.75, 3.05) is 4.90 Å². The predicted molar refractivity (Wildman–Crippen MR) is 113 cm³/mol. The average molecular weight is 366 g/mol. The van der Waals surface area contributed by atoms with Gasteiger partial charge in [-0.2, -0.15) is 0 Å². The molecule has 1 amide bonds. The smallest absolute Gasteiger partial charge is 0.316 e. The number of rotatable bonds is 3. The summed E-state index contributed by atoms with van der Waals surface area (Å²) in [5.41, 5.74) is 6.13. The van der Waals surface area contributed by atoms with Crippen LogP contribution in [0.3, 0.4) is 0 Å². The Labute approximate surface area is 163 Å². The summed E-state index contributed by atoms with van der Waals surface area (Å²) >= 11 is 0. The van der Waals surface area contributed by atoms with Crippen LogP contribution in [-0.2, 0) is 0 Å². The van der Waals surface area contributed by atoms with Crippen LogP contribution in [0.15, 0.2) is 90.3 Å². The van der Waals surface area contributed by atoms with Gasteiger partial charge in [-0.25, -0.2) is 0 Å². The van der Waals surface area contributed by atoms with Crippen LogP contribution in [0.2, 0.25) is 0 Å². The van der Waals surface area contributed by atoms with Gasteiger partial charge in [0.15, 0.2) is 0 Å². The molecule has 0 radical (unpaired) electrons. The van der Waals surface area contributed by atoms with E-state index in [0.29, 0.717) is 11.1 Å². The van der Waals surface area contributed by atoms with Gasteiger partial charge in [-0.05, 0) is 53.5 Å². The average Bonchev–Trinajstić information content (AvgIpc) is 2.96. The summed E-state index contributed by atoms with van der Waals surface area (Å²) in [7, 11) is 0. The Bertz CT molecular complexity index is 1130. The van der Waals surface area contributed by atoms with E-state index < -0.39 is 5.91 Å². The van der Waals surface area contributed by atoms with Gasteiger partial charge in [0.05, 0.1) is 11.3 Å². The van der Waals surface area contributed by atoms with Gasteiger partial charge in [-0.15, -0.1) is 4.91 Å². The number of fused-ring (bicyclic) bond motifs is 1. The van der Waals surface area contributed by atoms with Gasteiger partial charge in [0.1, 0.15) is 0 Å². The van der Waals surface area contributed by atoms with E-state index in [1.165, 1.54) is 0 Å². The van der Waals surface area contributed by atoms with Gasteiger partial charge in [-0.1, -0.05) is 60.7 Å². The summed E-state index contributed by atoms with van der Waals surface area (Å²) in [6.07, 6.45) is 8.12. The van der Waals surface area contributed by atoms with Crippen LogP contribution in [0.5, 0.6) is 0 Å². The molecule has 0 fully saturated rings. The number of nitrogens with zero attached hydrogens (tertiary/aromatic N) is 2. The van der Waals surface area contributed by atoms with Crippen LogP contribution in [0.4, 0.5) is 11.4 Å². The predicted octanol–water partition coefficient (Wildman–Crippen LogP) is 6.25. The summed E-state index contributed by atoms with van der Waals surface area (Å²) in [4.78, 5) is 25.0. The summed E-state index contributed by atoms with van der Waals surface area (Å²) in [6, 6.07) is 21.2. The molecule has 1 heterocycles. The van der Waals surface area contributed by atoms with Gasteiger partial charge >= 0.3 is 5.91 Å². The van der Waals surface area contributed by atoms with Crippen LogP contribution >= 0.6 is 0 Å². The molecule has 4 nitrogen and oxygen atoms in total. The maximum atomic E-state index is 12.0. The lowest BCUT2D eigenvalue weighted by atomic mass is 9.94. The fraction of sp³-hybridized carbons (Fsp3) is 0.0417. The van der Waals surface area contributed by atoms with Crippen LogP contribution in [0.1, 0.15) is 21.5 Å². The van der Waals surface area contributed by atoms with E-state index >= 15 is 0 Å². The Morgan fingerprint density at radius 1 is 0.821 bits per heavy atom. The number of hydrogen-bond donors (Lipinski definition) is 0. The molecule has 0 bridgehead atoms. The largest absolute Gasteiger partial charge is 0.317 e. The number of hydrogen-bond acceptors (Lipinski definition) is 3. The summed E-state index contributed by atoms with van der Waals surface area (Å²) in [5, 5.41) is 2.61. The highest BCUT2D eigenvalue weighted by molar-refractivity contribution is 6.02. The number of carbonyl (C=O) groups excluding carboxylic acids is 1. The number of benzene rings is 3. The quantitative estimate of drug-likeness (QED) is 0.515. The molecule has 136 valence electrons. The topological polar surface area (TPSA) is 49.7 Å². The molecule has 0 spiro atoms. The third-order valence-electron chi connectivity index (χ3n) is 4.91. The third-order valence-corrected chi connectivity index (χ3v) is 4.91. The number of amides is 1. The lowest BCUT2D eigenvalue weighted by molar-refractivity contribution is 0.100. The SMILES string of the molecule is Cc1c(-c2ccccc2C(=O)N=O)cccc1N1C=CC=Cc2ccccc21. The number of carbonyl (C=O) groups is 1. The highest BCUT2D eigenvalue weighted by Gasteiger charge is 2.18. The van der Waals surface area contributed by atoms with Crippen molar-refractivity contribution in [2.45, 2.75) is 6.92 Å². The maximum Gasteiger partial charge on any atom is 0.317 e. The number of anilines is 2. The Morgan fingerprint density at radius 3 is 2.39 bits per heavy atom. The molecule has 28 heavy (non-hydrogen) atoms. The first-order valence-corrected chi connectivity index (χ1v) is 9.00. The first-order valence-electron chi connectivity index (χ1n) is 9.00. The molecule has 4 rings (SSSR count). The van der Waals surface area contributed by atoms with Gasteiger partial charge < -0.3 is 4.90 Å². The highest BCUT2D eigenvalue weighted by atomic mass is 16.3. The zero-order chi connectivity index (χ0) is 19.5. The van der Waals surface area contributed by atoms with Crippen molar-refractivity contribution in [2.24, 2.45) is 5.18 Å². The van der Waals surface area contributed by atoms with Crippen LogP contribution < -0.4 is 4.90 Å². The first kappa shape index (κ1) is 17.6. The molecule has 1 aliphatic heterocycles. The van der Waals surface area contributed by atoms with Crippen molar-refractivity contribution in [3.05, 3.63) is 107 Å². The number of allylic oxidation sites excluding steroid dienone is 2. The third kappa shape index (κ3) is 3.05. The normalized spacial score (nSPS) is 12.4. The van der Waals surface area contributed by atoms with Crippen LogP contribution in [-0.4, -0.2) is 5.91 Å². The summed E-state index contributed by atoms with van der Waals surface area (Å²) in [5.74, 6) is -0.760.